The van der Waals surface area contributed by atoms with E-state index in [1.165, 1.54) is 6.42 Å². The average Bonchev–Trinajstić information content (AvgIpc) is 2.20. The third kappa shape index (κ3) is 3.34. The van der Waals surface area contributed by atoms with Crippen LogP contribution in [0.5, 0.6) is 0 Å². The molecule has 1 heterocycles. The number of carboxylic acid groups (broad SMARTS) is 1. The number of aliphatic carboxylic acids is 1. The van der Waals surface area contributed by atoms with Gasteiger partial charge in [-0.25, -0.2) is 4.79 Å². The van der Waals surface area contributed by atoms with E-state index >= 15 is 0 Å². The van der Waals surface area contributed by atoms with Crippen LogP contribution in [0.25, 0.3) is 0 Å². The maximum Gasteiger partial charge on any atom is 0.330 e. The fourth-order valence-corrected chi connectivity index (χ4v) is 2.41. The van der Waals surface area contributed by atoms with Crippen LogP contribution >= 0.6 is 0 Å². The van der Waals surface area contributed by atoms with Crippen LogP contribution in [0.1, 0.15) is 34.1 Å². The number of nitrogens with zero attached hydrogens (tertiary/aromatic N) is 1. The third-order valence-electron chi connectivity index (χ3n) is 3.69. The summed E-state index contributed by atoms with van der Waals surface area (Å²) in [6.45, 7) is 10.3. The molecule has 1 aliphatic heterocycles. The van der Waals surface area contributed by atoms with Gasteiger partial charge in [-0.15, -0.1) is 0 Å². The summed E-state index contributed by atoms with van der Waals surface area (Å²) in [7, 11) is 0. The Hall–Kier alpha value is -0.830. The monoisotopic (exact) mass is 225 g/mol. The number of hydrogen-bond donors (Lipinski definition) is 1. The van der Waals surface area contributed by atoms with Crippen molar-refractivity contribution in [3.05, 3.63) is 11.6 Å². The summed E-state index contributed by atoms with van der Waals surface area (Å²) in [6.07, 6.45) is 3.10. The van der Waals surface area contributed by atoms with Gasteiger partial charge < -0.3 is 5.11 Å². The second-order valence-corrected chi connectivity index (χ2v) is 5.20. The summed E-state index contributed by atoms with van der Waals surface area (Å²) in [6, 6.07) is 0.550. The van der Waals surface area contributed by atoms with Crippen molar-refractivity contribution in [3.63, 3.8) is 0 Å². The number of likely N-dealkylation sites (tertiary alicyclic amines) is 1. The van der Waals surface area contributed by atoms with Crippen LogP contribution in [-0.4, -0.2) is 35.1 Å². The van der Waals surface area contributed by atoms with Gasteiger partial charge in [0.25, 0.3) is 0 Å². The first kappa shape index (κ1) is 13.2. The van der Waals surface area contributed by atoms with E-state index in [1.807, 2.05) is 6.08 Å². The topological polar surface area (TPSA) is 40.5 Å². The highest BCUT2D eigenvalue weighted by atomic mass is 16.4. The van der Waals surface area contributed by atoms with Gasteiger partial charge in [-0.3, -0.25) is 4.90 Å². The third-order valence-corrected chi connectivity index (χ3v) is 3.69. The Balaban J connectivity index is 2.59. The van der Waals surface area contributed by atoms with Crippen LogP contribution in [0.15, 0.2) is 11.6 Å². The molecule has 0 aromatic rings. The molecule has 0 aliphatic carbocycles. The molecule has 92 valence electrons. The van der Waals surface area contributed by atoms with Crippen molar-refractivity contribution in [2.24, 2.45) is 11.8 Å². The first-order chi connectivity index (χ1) is 7.41. The fourth-order valence-electron chi connectivity index (χ4n) is 2.41. The number of carboxylic acids is 1. The lowest BCUT2D eigenvalue weighted by atomic mass is 9.86. The van der Waals surface area contributed by atoms with E-state index < -0.39 is 5.97 Å². The Kier molecular flexibility index (Phi) is 4.54. The van der Waals surface area contributed by atoms with Crippen molar-refractivity contribution < 1.29 is 9.90 Å². The molecule has 0 aromatic heterocycles. The zero-order chi connectivity index (χ0) is 12.3. The van der Waals surface area contributed by atoms with Crippen molar-refractivity contribution in [2.75, 3.05) is 13.1 Å². The molecule has 3 heteroatoms. The van der Waals surface area contributed by atoms with Crippen LogP contribution in [0.2, 0.25) is 0 Å². The van der Waals surface area contributed by atoms with Gasteiger partial charge in [-0.1, -0.05) is 19.9 Å². The van der Waals surface area contributed by atoms with E-state index in [-0.39, 0.29) is 0 Å². The molecule has 0 radical (unpaired) electrons. The molecule has 1 rings (SSSR count). The fraction of sp³-hybridized carbons (Fsp3) is 0.769. The molecule has 16 heavy (non-hydrogen) atoms. The molecule has 0 saturated carbocycles. The maximum atomic E-state index is 10.7. The molecular formula is C13H23NO2. The molecule has 3 nitrogen and oxygen atoms in total. The molecule has 3 atom stereocenters. The lowest BCUT2D eigenvalue weighted by Crippen LogP contribution is -2.45. The summed E-state index contributed by atoms with van der Waals surface area (Å²) in [5.41, 5.74) is 0.443. The van der Waals surface area contributed by atoms with Gasteiger partial charge in [0.15, 0.2) is 0 Å². The second kappa shape index (κ2) is 5.48. The first-order valence-electron chi connectivity index (χ1n) is 6.06. The molecule has 1 saturated heterocycles. The number of hydrogen-bond acceptors (Lipinski definition) is 2. The zero-order valence-corrected chi connectivity index (χ0v) is 10.7. The summed E-state index contributed by atoms with van der Waals surface area (Å²) in [4.78, 5) is 13.1. The molecule has 1 fully saturated rings. The van der Waals surface area contributed by atoms with E-state index in [0.29, 0.717) is 23.5 Å². The minimum atomic E-state index is -0.814. The molecule has 0 spiro atoms. The van der Waals surface area contributed by atoms with Gasteiger partial charge in [-0.2, -0.15) is 0 Å². The quantitative estimate of drug-likeness (QED) is 0.750. The molecule has 1 aliphatic rings. The summed E-state index contributed by atoms with van der Waals surface area (Å²) < 4.78 is 0. The molecule has 0 amide bonds. The normalized spacial score (nSPS) is 32.8. The zero-order valence-electron chi connectivity index (χ0n) is 10.7. The smallest absolute Gasteiger partial charge is 0.330 e. The standard InChI is InChI=1S/C13H23NO2/c1-9-7-11(3)12(4)14(8-9)6-5-10(2)13(15)16/h5,9,11-12H,6-8H2,1-4H3,(H,15,16)/b10-5-. The van der Waals surface area contributed by atoms with E-state index in [1.54, 1.807) is 6.92 Å². The van der Waals surface area contributed by atoms with E-state index in [0.717, 1.165) is 13.1 Å². The van der Waals surface area contributed by atoms with Crippen LogP contribution in [-0.2, 0) is 4.79 Å². The van der Waals surface area contributed by atoms with Crippen LogP contribution in [0.4, 0.5) is 0 Å². The van der Waals surface area contributed by atoms with Gasteiger partial charge in [0, 0.05) is 24.7 Å². The minimum absolute atomic E-state index is 0.443. The Morgan fingerprint density at radius 2 is 2.06 bits per heavy atom. The summed E-state index contributed by atoms with van der Waals surface area (Å²) in [5.74, 6) is 0.595. The lowest BCUT2D eigenvalue weighted by molar-refractivity contribution is -0.132. The highest BCUT2D eigenvalue weighted by Gasteiger charge is 2.27. The average molecular weight is 225 g/mol. The summed E-state index contributed by atoms with van der Waals surface area (Å²) in [5, 5.41) is 8.79. The Bertz CT molecular complexity index is 286. The van der Waals surface area contributed by atoms with Gasteiger partial charge in [0.05, 0.1) is 0 Å². The van der Waals surface area contributed by atoms with E-state index in [2.05, 4.69) is 25.7 Å². The van der Waals surface area contributed by atoms with E-state index in [9.17, 15) is 4.79 Å². The largest absolute Gasteiger partial charge is 0.478 e. The second-order valence-electron chi connectivity index (χ2n) is 5.20. The predicted molar refractivity (Wildman–Crippen MR) is 65.4 cm³/mol. The highest BCUT2D eigenvalue weighted by Crippen LogP contribution is 2.26. The van der Waals surface area contributed by atoms with Gasteiger partial charge in [0.1, 0.15) is 0 Å². The lowest BCUT2D eigenvalue weighted by Gasteiger charge is -2.40. The molecule has 3 unspecified atom stereocenters. The molecule has 0 bridgehead atoms. The van der Waals surface area contributed by atoms with Crippen molar-refractivity contribution in [1.82, 2.24) is 4.90 Å². The van der Waals surface area contributed by atoms with Crippen LogP contribution < -0.4 is 0 Å². The number of rotatable bonds is 3. The number of piperidine rings is 1. The van der Waals surface area contributed by atoms with Crippen molar-refractivity contribution in [1.29, 1.82) is 0 Å². The minimum Gasteiger partial charge on any atom is -0.478 e. The Morgan fingerprint density at radius 1 is 1.44 bits per heavy atom. The molecular weight excluding hydrogens is 202 g/mol. The first-order valence-corrected chi connectivity index (χ1v) is 6.06. The van der Waals surface area contributed by atoms with Gasteiger partial charge >= 0.3 is 5.97 Å². The highest BCUT2D eigenvalue weighted by molar-refractivity contribution is 5.85. The van der Waals surface area contributed by atoms with E-state index in [4.69, 9.17) is 5.11 Å². The Labute approximate surface area is 98.1 Å². The van der Waals surface area contributed by atoms with Crippen molar-refractivity contribution in [2.45, 2.75) is 40.2 Å². The van der Waals surface area contributed by atoms with Gasteiger partial charge in [0.2, 0.25) is 0 Å². The van der Waals surface area contributed by atoms with Crippen LogP contribution in [0, 0.1) is 11.8 Å². The SMILES string of the molecule is C/C(=C/CN1CC(C)CC(C)C1C)C(=O)O. The molecule has 1 N–H and O–H groups in total. The van der Waals surface area contributed by atoms with Crippen LogP contribution in [0.3, 0.4) is 0 Å². The predicted octanol–water partition coefficient (Wildman–Crippen LogP) is 2.38. The van der Waals surface area contributed by atoms with Crippen molar-refractivity contribution >= 4 is 5.97 Å². The number of carbonyl (C=O) groups is 1. The van der Waals surface area contributed by atoms with Crippen molar-refractivity contribution in [3.8, 4) is 0 Å². The van der Waals surface area contributed by atoms with Gasteiger partial charge in [-0.05, 0) is 32.1 Å². The molecule has 0 aromatic carbocycles. The summed E-state index contributed by atoms with van der Waals surface area (Å²) >= 11 is 0. The maximum absolute atomic E-state index is 10.7. The Morgan fingerprint density at radius 3 is 2.62 bits per heavy atom.